The van der Waals surface area contributed by atoms with Gasteiger partial charge in [-0.05, 0) is 67.0 Å². The van der Waals surface area contributed by atoms with Crippen LogP contribution in [-0.2, 0) is 4.43 Å². The molecule has 0 N–H and O–H groups in total. The van der Waals surface area contributed by atoms with Gasteiger partial charge in [0.1, 0.15) is 0 Å². The minimum atomic E-state index is -1.46. The second-order valence-electron chi connectivity index (χ2n) is 8.22. The molecule has 0 aromatic carbocycles. The van der Waals surface area contributed by atoms with E-state index in [-0.39, 0.29) is 0 Å². The number of fused-ring (bicyclic) bond motifs is 1. The second-order valence-corrected chi connectivity index (χ2v) is 13.8. The van der Waals surface area contributed by atoms with Gasteiger partial charge in [0.05, 0.1) is 0 Å². The second kappa shape index (κ2) is 7.86. The molecule has 22 heavy (non-hydrogen) atoms. The van der Waals surface area contributed by atoms with Crippen molar-refractivity contribution in [1.29, 1.82) is 0 Å². The topological polar surface area (TPSA) is 9.23 Å². The summed E-state index contributed by atoms with van der Waals surface area (Å²) < 4.78 is 8.32. The quantitative estimate of drug-likeness (QED) is 0.246. The Bertz CT molecular complexity index is 349. The molecule has 0 amide bonds. The van der Waals surface area contributed by atoms with E-state index in [2.05, 4.69) is 57.2 Å². The summed E-state index contributed by atoms with van der Waals surface area (Å²) in [7, 11) is -1.46. The molecule has 0 radical (unpaired) electrons. The van der Waals surface area contributed by atoms with Crippen LogP contribution in [0.5, 0.6) is 0 Å². The van der Waals surface area contributed by atoms with Gasteiger partial charge < -0.3 is 4.43 Å². The van der Waals surface area contributed by atoms with E-state index in [4.69, 9.17) is 4.43 Å². The highest BCUT2D eigenvalue weighted by atomic mass is 127. The van der Waals surface area contributed by atoms with Gasteiger partial charge >= 0.3 is 0 Å². The molecule has 0 saturated heterocycles. The standard InChI is InChI=1S/C19H37IOSi/c1-6-22(7-2,8-3)21-18-10-9-13-19(5)16(15(4)14-20)11-12-17(18)19/h15-18H,6-14H2,1-5H3/t15-,16?,17?,18?,19-/m1/s1. The molecule has 2 aliphatic carbocycles. The van der Waals surface area contributed by atoms with E-state index in [9.17, 15) is 0 Å². The van der Waals surface area contributed by atoms with E-state index in [1.54, 1.807) is 0 Å². The van der Waals surface area contributed by atoms with E-state index in [1.807, 2.05) is 0 Å². The predicted molar refractivity (Wildman–Crippen MR) is 108 cm³/mol. The molecule has 5 atom stereocenters. The molecule has 2 saturated carbocycles. The van der Waals surface area contributed by atoms with Crippen LogP contribution in [0.2, 0.25) is 18.1 Å². The zero-order valence-electron chi connectivity index (χ0n) is 15.5. The Labute approximate surface area is 153 Å². The summed E-state index contributed by atoms with van der Waals surface area (Å²) in [4.78, 5) is 0. The van der Waals surface area contributed by atoms with Crippen LogP contribution in [0.3, 0.4) is 0 Å². The molecule has 0 aliphatic heterocycles. The third-order valence-electron chi connectivity index (χ3n) is 7.40. The number of halogens is 1. The molecular weight excluding hydrogens is 399 g/mol. The van der Waals surface area contributed by atoms with Crippen molar-refractivity contribution >= 4 is 30.9 Å². The molecule has 1 nitrogen and oxygen atoms in total. The van der Waals surface area contributed by atoms with E-state index in [0.29, 0.717) is 11.5 Å². The van der Waals surface area contributed by atoms with Crippen LogP contribution < -0.4 is 0 Å². The van der Waals surface area contributed by atoms with Crippen molar-refractivity contribution in [3.63, 3.8) is 0 Å². The van der Waals surface area contributed by atoms with Crippen molar-refractivity contribution in [3.8, 4) is 0 Å². The van der Waals surface area contributed by atoms with Gasteiger partial charge in [-0.15, -0.1) is 0 Å². The normalized spacial score (nSPS) is 37.1. The fraction of sp³-hybridized carbons (Fsp3) is 1.00. The fourth-order valence-electron chi connectivity index (χ4n) is 5.66. The highest BCUT2D eigenvalue weighted by Crippen LogP contribution is 2.58. The lowest BCUT2D eigenvalue weighted by Gasteiger charge is -2.48. The van der Waals surface area contributed by atoms with Crippen molar-refractivity contribution in [1.82, 2.24) is 0 Å². The van der Waals surface area contributed by atoms with Crippen LogP contribution in [0.15, 0.2) is 0 Å². The van der Waals surface area contributed by atoms with Crippen LogP contribution in [0.1, 0.15) is 66.7 Å². The zero-order valence-corrected chi connectivity index (χ0v) is 18.6. The highest BCUT2D eigenvalue weighted by molar-refractivity contribution is 14.1. The average Bonchev–Trinajstić information content (AvgIpc) is 2.90. The number of hydrogen-bond acceptors (Lipinski definition) is 1. The summed E-state index contributed by atoms with van der Waals surface area (Å²) in [5, 5.41) is 0. The van der Waals surface area contributed by atoms with Gasteiger partial charge in [0.2, 0.25) is 0 Å². The van der Waals surface area contributed by atoms with E-state index >= 15 is 0 Å². The lowest BCUT2D eigenvalue weighted by molar-refractivity contribution is -0.0169. The highest BCUT2D eigenvalue weighted by Gasteiger charge is 2.53. The van der Waals surface area contributed by atoms with Gasteiger partial charge in [0.25, 0.3) is 0 Å². The molecule has 130 valence electrons. The Hall–Kier alpha value is 0.907. The largest absolute Gasteiger partial charge is 0.414 e. The number of hydrogen-bond donors (Lipinski definition) is 0. The summed E-state index contributed by atoms with van der Waals surface area (Å²) in [6.07, 6.45) is 7.63. The molecule has 3 heteroatoms. The summed E-state index contributed by atoms with van der Waals surface area (Å²) in [5.41, 5.74) is 0.558. The Kier molecular flexibility index (Phi) is 6.87. The van der Waals surface area contributed by atoms with E-state index in [1.165, 1.54) is 54.7 Å². The molecule has 0 heterocycles. The minimum Gasteiger partial charge on any atom is -0.414 e. The summed E-state index contributed by atoms with van der Waals surface area (Å²) in [6, 6.07) is 3.90. The lowest BCUT2D eigenvalue weighted by Crippen LogP contribution is -2.48. The lowest BCUT2D eigenvalue weighted by atomic mass is 9.62. The molecule has 0 aromatic rings. The molecule has 2 fully saturated rings. The van der Waals surface area contributed by atoms with E-state index < -0.39 is 8.32 Å². The molecular formula is C19H37IOSi. The maximum Gasteiger partial charge on any atom is 0.192 e. The van der Waals surface area contributed by atoms with Crippen molar-refractivity contribution in [2.24, 2.45) is 23.2 Å². The van der Waals surface area contributed by atoms with Crippen LogP contribution in [-0.4, -0.2) is 18.8 Å². The van der Waals surface area contributed by atoms with Crippen molar-refractivity contribution in [2.75, 3.05) is 4.43 Å². The van der Waals surface area contributed by atoms with Crippen molar-refractivity contribution < 1.29 is 4.43 Å². The molecule has 3 unspecified atom stereocenters. The molecule has 0 spiro atoms. The molecule has 2 rings (SSSR count). The van der Waals surface area contributed by atoms with Crippen LogP contribution in [0, 0.1) is 23.2 Å². The summed E-state index contributed by atoms with van der Waals surface area (Å²) >= 11 is 2.59. The SMILES string of the molecule is CC[Si](CC)(CC)OC1CCC[C@@]2(C)C1CCC2[C@H](C)CI. The van der Waals surface area contributed by atoms with Gasteiger partial charge in [-0.2, -0.15) is 0 Å². The fourth-order valence-corrected chi connectivity index (χ4v) is 9.20. The van der Waals surface area contributed by atoms with Gasteiger partial charge in [0, 0.05) is 10.5 Å². The Morgan fingerprint density at radius 2 is 1.77 bits per heavy atom. The maximum atomic E-state index is 7.00. The summed E-state index contributed by atoms with van der Waals surface area (Å²) in [5.74, 6) is 2.65. The first-order valence-corrected chi connectivity index (χ1v) is 13.8. The van der Waals surface area contributed by atoms with Gasteiger partial charge in [-0.3, -0.25) is 0 Å². The Morgan fingerprint density at radius 3 is 2.32 bits per heavy atom. The number of alkyl halides is 1. The first-order chi connectivity index (χ1) is 10.5. The van der Waals surface area contributed by atoms with Gasteiger partial charge in [-0.1, -0.05) is 63.6 Å². The molecule has 2 aliphatic rings. The van der Waals surface area contributed by atoms with Crippen molar-refractivity contribution in [2.45, 2.75) is 91.0 Å². The van der Waals surface area contributed by atoms with Gasteiger partial charge in [-0.25, -0.2) is 0 Å². The van der Waals surface area contributed by atoms with Gasteiger partial charge in [0.15, 0.2) is 8.32 Å². The third-order valence-corrected chi connectivity index (χ3v) is 13.5. The first-order valence-electron chi connectivity index (χ1n) is 9.70. The smallest absolute Gasteiger partial charge is 0.192 e. The van der Waals surface area contributed by atoms with Crippen LogP contribution in [0.4, 0.5) is 0 Å². The first kappa shape index (κ1) is 19.2. The van der Waals surface area contributed by atoms with E-state index in [0.717, 1.165) is 17.8 Å². The maximum absolute atomic E-state index is 7.00. The Balaban J connectivity index is 2.16. The average molecular weight is 436 g/mol. The van der Waals surface area contributed by atoms with Crippen LogP contribution >= 0.6 is 22.6 Å². The molecule has 0 bridgehead atoms. The number of rotatable bonds is 7. The predicted octanol–water partition coefficient (Wildman–Crippen LogP) is 6.66. The van der Waals surface area contributed by atoms with Crippen LogP contribution in [0.25, 0.3) is 0 Å². The summed E-state index contributed by atoms with van der Waals surface area (Å²) in [6.45, 7) is 12.2. The van der Waals surface area contributed by atoms with Crippen molar-refractivity contribution in [3.05, 3.63) is 0 Å². The monoisotopic (exact) mass is 436 g/mol. The Morgan fingerprint density at radius 1 is 1.14 bits per heavy atom. The third kappa shape index (κ3) is 3.46. The minimum absolute atomic E-state index is 0.558. The molecule has 0 aromatic heterocycles. The zero-order chi connectivity index (χ0) is 16.4.